The highest BCUT2D eigenvalue weighted by atomic mass is 19.4. The van der Waals surface area contributed by atoms with E-state index in [9.17, 15) is 31.4 Å². The van der Waals surface area contributed by atoms with E-state index in [-0.39, 0.29) is 18.2 Å². The Morgan fingerprint density at radius 2 is 1.72 bits per heavy atom. The van der Waals surface area contributed by atoms with Crippen molar-refractivity contribution in [1.82, 2.24) is 9.97 Å². The maximum absolute atomic E-state index is 13.2. The van der Waals surface area contributed by atoms with E-state index in [1.807, 2.05) is 0 Å². The summed E-state index contributed by atoms with van der Waals surface area (Å²) in [6.45, 7) is 3.07. The summed E-state index contributed by atoms with van der Waals surface area (Å²) in [4.78, 5) is 7.26. The summed E-state index contributed by atoms with van der Waals surface area (Å²) < 4.78 is 81.1. The zero-order valence-corrected chi connectivity index (χ0v) is 15.3. The van der Waals surface area contributed by atoms with Gasteiger partial charge in [0.25, 0.3) is 0 Å². The summed E-state index contributed by atoms with van der Waals surface area (Å²) in [5, 5.41) is 14.3. The molecule has 0 saturated carbocycles. The van der Waals surface area contributed by atoms with Crippen LogP contribution in [0, 0.1) is 5.92 Å². The van der Waals surface area contributed by atoms with Gasteiger partial charge in [0.2, 0.25) is 5.95 Å². The molecule has 1 heterocycles. The van der Waals surface area contributed by atoms with E-state index in [4.69, 9.17) is 0 Å². The summed E-state index contributed by atoms with van der Waals surface area (Å²) in [7, 11) is 0. The Bertz CT molecular complexity index is 826. The predicted octanol–water partition coefficient (Wildman–Crippen LogP) is 4.57. The number of alkyl halides is 6. The number of aliphatic hydroxyl groups is 1. The molecule has 160 valence electrons. The fourth-order valence-corrected chi connectivity index (χ4v) is 2.23. The first kappa shape index (κ1) is 22.5. The molecule has 1 aromatic carbocycles. The topological polar surface area (TPSA) is 79.3 Å². The standard InChI is InChI=1S/C17H18F6N4O2/c1-9(2)11(8-28)25-15-26-13(16(18,19)20)7-14(27-15)24-10-5-3-4-6-12(10)29-17(21,22)23/h3-7,9,11,28H,8H2,1-2H3,(H2,24,25,26,27)/t11-/m0/s1. The second-order valence-corrected chi connectivity index (χ2v) is 6.31. The van der Waals surface area contributed by atoms with Gasteiger partial charge < -0.3 is 20.5 Å². The highest BCUT2D eigenvalue weighted by Crippen LogP contribution is 2.34. The quantitative estimate of drug-likeness (QED) is 0.566. The van der Waals surface area contributed by atoms with Gasteiger partial charge in [-0.3, -0.25) is 0 Å². The number of benzene rings is 1. The van der Waals surface area contributed by atoms with Crippen LogP contribution in [0.1, 0.15) is 19.5 Å². The summed E-state index contributed by atoms with van der Waals surface area (Å²) in [5.74, 6) is -1.65. The SMILES string of the molecule is CC(C)[C@H](CO)Nc1nc(Nc2ccccc2OC(F)(F)F)cc(C(F)(F)F)n1. The van der Waals surface area contributed by atoms with Gasteiger partial charge >= 0.3 is 12.5 Å². The van der Waals surface area contributed by atoms with E-state index in [1.54, 1.807) is 13.8 Å². The van der Waals surface area contributed by atoms with E-state index in [1.165, 1.54) is 18.2 Å². The summed E-state index contributed by atoms with van der Waals surface area (Å²) in [6.07, 6.45) is -9.82. The second kappa shape index (κ2) is 8.72. The van der Waals surface area contributed by atoms with Crippen LogP contribution < -0.4 is 15.4 Å². The molecule has 0 radical (unpaired) electrons. The maximum Gasteiger partial charge on any atom is 0.573 e. The molecule has 12 heteroatoms. The number of ether oxygens (including phenoxy) is 1. The van der Waals surface area contributed by atoms with E-state index in [2.05, 4.69) is 25.3 Å². The minimum absolute atomic E-state index is 0.157. The van der Waals surface area contributed by atoms with Gasteiger partial charge in [0, 0.05) is 6.07 Å². The molecule has 1 atom stereocenters. The first-order valence-electron chi connectivity index (χ1n) is 8.34. The van der Waals surface area contributed by atoms with Gasteiger partial charge in [0.1, 0.15) is 5.82 Å². The molecule has 6 nitrogen and oxygen atoms in total. The fraction of sp³-hybridized carbons (Fsp3) is 0.412. The number of rotatable bonds is 7. The number of anilines is 3. The average Bonchev–Trinajstić information content (AvgIpc) is 2.59. The molecule has 2 rings (SSSR count). The van der Waals surface area contributed by atoms with Gasteiger partial charge in [-0.15, -0.1) is 13.2 Å². The Labute approximate surface area is 161 Å². The lowest BCUT2D eigenvalue weighted by atomic mass is 10.1. The van der Waals surface area contributed by atoms with Crippen LogP contribution in [-0.2, 0) is 6.18 Å². The van der Waals surface area contributed by atoms with Crippen LogP contribution in [0.4, 0.5) is 43.8 Å². The van der Waals surface area contributed by atoms with Crippen molar-refractivity contribution < 1.29 is 36.2 Å². The van der Waals surface area contributed by atoms with Gasteiger partial charge in [0.05, 0.1) is 18.3 Å². The van der Waals surface area contributed by atoms with Crippen LogP contribution in [0.25, 0.3) is 0 Å². The molecule has 0 unspecified atom stereocenters. The van der Waals surface area contributed by atoms with Gasteiger partial charge in [-0.25, -0.2) is 4.98 Å². The van der Waals surface area contributed by atoms with Gasteiger partial charge in [-0.1, -0.05) is 26.0 Å². The van der Waals surface area contributed by atoms with Crippen molar-refractivity contribution in [2.75, 3.05) is 17.2 Å². The van der Waals surface area contributed by atoms with Crippen molar-refractivity contribution in [3.8, 4) is 5.75 Å². The third-order valence-electron chi connectivity index (χ3n) is 3.71. The Morgan fingerprint density at radius 1 is 1.07 bits per heavy atom. The maximum atomic E-state index is 13.2. The number of nitrogens with zero attached hydrogens (tertiary/aromatic N) is 2. The molecule has 0 aliphatic rings. The second-order valence-electron chi connectivity index (χ2n) is 6.31. The molecule has 0 amide bonds. The van der Waals surface area contributed by atoms with Crippen molar-refractivity contribution in [2.45, 2.75) is 32.4 Å². The molecule has 0 aliphatic heterocycles. The minimum Gasteiger partial charge on any atom is -0.404 e. The van der Waals surface area contributed by atoms with E-state index in [0.717, 1.165) is 6.07 Å². The average molecular weight is 424 g/mol. The fourth-order valence-electron chi connectivity index (χ4n) is 2.23. The van der Waals surface area contributed by atoms with Gasteiger partial charge in [-0.2, -0.15) is 18.2 Å². The zero-order chi connectivity index (χ0) is 21.8. The molecule has 29 heavy (non-hydrogen) atoms. The zero-order valence-electron chi connectivity index (χ0n) is 15.3. The van der Waals surface area contributed by atoms with E-state index in [0.29, 0.717) is 6.07 Å². The molecule has 1 aromatic heterocycles. The largest absolute Gasteiger partial charge is 0.573 e. The smallest absolute Gasteiger partial charge is 0.404 e. The lowest BCUT2D eigenvalue weighted by molar-refractivity contribution is -0.274. The van der Waals surface area contributed by atoms with Crippen LogP contribution in [0.15, 0.2) is 30.3 Å². The van der Waals surface area contributed by atoms with Crippen LogP contribution in [0.5, 0.6) is 5.75 Å². The molecule has 0 saturated heterocycles. The lowest BCUT2D eigenvalue weighted by Crippen LogP contribution is -2.30. The molecule has 0 bridgehead atoms. The van der Waals surface area contributed by atoms with Crippen molar-refractivity contribution >= 4 is 17.5 Å². The third kappa shape index (κ3) is 6.66. The molecule has 2 aromatic rings. The molecular formula is C17H18F6N4O2. The highest BCUT2D eigenvalue weighted by molar-refractivity contribution is 5.65. The van der Waals surface area contributed by atoms with Crippen LogP contribution in [0.2, 0.25) is 0 Å². The molecule has 0 spiro atoms. The predicted molar refractivity (Wildman–Crippen MR) is 92.8 cm³/mol. The highest BCUT2D eigenvalue weighted by Gasteiger charge is 2.35. The number of aromatic nitrogens is 2. The van der Waals surface area contributed by atoms with E-state index >= 15 is 0 Å². The Morgan fingerprint density at radius 3 is 2.28 bits per heavy atom. The minimum atomic E-state index is -4.99. The number of para-hydroxylation sites is 2. The van der Waals surface area contributed by atoms with Crippen molar-refractivity contribution in [3.63, 3.8) is 0 Å². The van der Waals surface area contributed by atoms with Crippen molar-refractivity contribution in [1.29, 1.82) is 0 Å². The molecule has 0 aliphatic carbocycles. The Kier molecular flexibility index (Phi) is 6.77. The lowest BCUT2D eigenvalue weighted by Gasteiger charge is -2.21. The number of aliphatic hydroxyl groups excluding tert-OH is 1. The first-order chi connectivity index (χ1) is 13.4. The van der Waals surface area contributed by atoms with Gasteiger partial charge in [0.15, 0.2) is 11.4 Å². The molecular weight excluding hydrogens is 406 g/mol. The van der Waals surface area contributed by atoms with E-state index < -0.39 is 41.8 Å². The van der Waals surface area contributed by atoms with Crippen LogP contribution in [0.3, 0.4) is 0 Å². The number of halogens is 6. The summed E-state index contributed by atoms with van der Waals surface area (Å²) in [6, 6.07) is 4.76. The first-order valence-corrected chi connectivity index (χ1v) is 8.34. The van der Waals surface area contributed by atoms with Crippen LogP contribution in [-0.4, -0.2) is 34.1 Å². The number of hydrogen-bond donors (Lipinski definition) is 3. The number of hydrogen-bond acceptors (Lipinski definition) is 6. The van der Waals surface area contributed by atoms with Crippen molar-refractivity contribution in [2.24, 2.45) is 5.92 Å². The molecule has 0 fully saturated rings. The van der Waals surface area contributed by atoms with Gasteiger partial charge in [-0.05, 0) is 18.1 Å². The summed E-state index contributed by atoms with van der Waals surface area (Å²) in [5.41, 5.74) is -1.56. The number of nitrogens with one attached hydrogen (secondary N) is 2. The van der Waals surface area contributed by atoms with Crippen molar-refractivity contribution in [3.05, 3.63) is 36.0 Å². The normalized spacial score (nSPS) is 13.3. The summed E-state index contributed by atoms with van der Waals surface area (Å²) >= 11 is 0. The monoisotopic (exact) mass is 424 g/mol. The Hall–Kier alpha value is -2.76. The molecule has 3 N–H and O–H groups in total. The third-order valence-corrected chi connectivity index (χ3v) is 3.71. The van der Waals surface area contributed by atoms with Crippen LogP contribution >= 0.6 is 0 Å². The Balaban J connectivity index is 2.41.